The minimum Gasteiger partial charge on any atom is -0.449 e. The first-order valence-corrected chi connectivity index (χ1v) is 19.7. The molecule has 1 unspecified atom stereocenters. The van der Waals surface area contributed by atoms with E-state index in [1.807, 2.05) is 13.8 Å². The molecule has 0 heterocycles. The number of amides is 1. The highest BCUT2D eigenvalue weighted by atomic mass is 32.2. The van der Waals surface area contributed by atoms with Gasteiger partial charge in [-0.1, -0.05) is 48.0 Å². The molecule has 6 aliphatic carbocycles. The molecule has 1 amide bonds. The lowest BCUT2D eigenvalue weighted by molar-refractivity contribution is -0.203. The third kappa shape index (κ3) is 5.14. The topological polar surface area (TPSA) is 130 Å². The maximum atomic E-state index is 13.0. The number of nitrogens with one attached hydrogen (secondary N) is 1. The predicted molar refractivity (Wildman–Crippen MR) is 172 cm³/mol. The molecule has 13 atom stereocenters. The molecule has 45 heavy (non-hydrogen) atoms. The summed E-state index contributed by atoms with van der Waals surface area (Å²) in [6, 6.07) is 0. The minimum absolute atomic E-state index is 0.00568. The fourth-order valence-electron chi connectivity index (χ4n) is 13.1. The van der Waals surface area contributed by atoms with Gasteiger partial charge in [0.25, 0.3) is 0 Å². The molecule has 256 valence electrons. The highest BCUT2D eigenvalue weighted by Gasteiger charge is 2.66. The number of hydrogen-bond donors (Lipinski definition) is 3. The average molecular weight is 650 g/mol. The van der Waals surface area contributed by atoms with Gasteiger partial charge in [0.15, 0.2) is 0 Å². The molecular weight excluding hydrogens is 590 g/mol. The average Bonchev–Trinajstić information content (AvgIpc) is 3.49. The molecule has 3 N–H and O–H groups in total. The lowest BCUT2D eigenvalue weighted by atomic mass is 9.41. The molecule has 6 fully saturated rings. The zero-order valence-corrected chi connectivity index (χ0v) is 29.3. The Balaban J connectivity index is 1.06. The van der Waals surface area contributed by atoms with Gasteiger partial charge in [0.2, 0.25) is 10.0 Å². The first kappa shape index (κ1) is 33.7. The van der Waals surface area contributed by atoms with Gasteiger partial charge in [0.05, 0.1) is 30.0 Å². The standard InChI is InChI=1S/C36H59NO7S/c1-7-24-28-19-23(38)11-14-35(28,6)27-12-15-34(5)25(8-9-26(34)30(27)31(24)40)21(2)13-17-44-32(41)37-45(42,43)20-36-16-10-22(18-29(36)39)33(36,3)4/h21-28,30-31,38,40H,7-20H2,1-6H3,(H,37,41)/t21-,22?,23-,24-,25-,26+,27+,28+,30+,31-,34-,35-,36-/m1/s1. The van der Waals surface area contributed by atoms with E-state index in [-0.39, 0.29) is 53.0 Å². The van der Waals surface area contributed by atoms with Crippen LogP contribution in [0, 0.1) is 69.0 Å². The van der Waals surface area contributed by atoms with Crippen LogP contribution in [0.15, 0.2) is 0 Å². The van der Waals surface area contributed by atoms with E-state index in [1.165, 1.54) is 0 Å². The van der Waals surface area contributed by atoms with Crippen LogP contribution in [0.4, 0.5) is 4.79 Å². The molecule has 0 aromatic rings. The van der Waals surface area contributed by atoms with Crippen LogP contribution in [0.5, 0.6) is 0 Å². The summed E-state index contributed by atoms with van der Waals surface area (Å²) in [5.41, 5.74) is -1.03. The van der Waals surface area contributed by atoms with Crippen molar-refractivity contribution in [1.29, 1.82) is 0 Å². The third-order valence-corrected chi connectivity index (χ3v) is 17.1. The smallest absolute Gasteiger partial charge is 0.420 e. The lowest BCUT2D eigenvalue weighted by Crippen LogP contribution is -2.62. The number of Topliss-reactive ketones (excluding diaryl/α,β-unsaturated/α-hetero) is 1. The van der Waals surface area contributed by atoms with Gasteiger partial charge < -0.3 is 14.9 Å². The summed E-state index contributed by atoms with van der Waals surface area (Å²) in [5, 5.41) is 22.5. The van der Waals surface area contributed by atoms with Crippen molar-refractivity contribution in [2.45, 2.75) is 131 Å². The van der Waals surface area contributed by atoms with Gasteiger partial charge in [-0.2, -0.15) is 0 Å². The van der Waals surface area contributed by atoms with Gasteiger partial charge in [-0.05, 0) is 128 Å². The van der Waals surface area contributed by atoms with E-state index in [0.717, 1.165) is 57.8 Å². The zero-order valence-electron chi connectivity index (χ0n) is 28.5. The fourth-order valence-corrected chi connectivity index (χ4v) is 14.8. The molecule has 6 rings (SSSR count). The molecule has 6 saturated carbocycles. The Morgan fingerprint density at radius 2 is 1.67 bits per heavy atom. The Kier molecular flexibility index (Phi) is 8.58. The van der Waals surface area contributed by atoms with Gasteiger partial charge in [-0.25, -0.2) is 17.9 Å². The van der Waals surface area contributed by atoms with E-state index in [4.69, 9.17) is 4.74 Å². The maximum absolute atomic E-state index is 13.0. The number of hydrogen-bond acceptors (Lipinski definition) is 7. The first-order chi connectivity index (χ1) is 21.0. The highest BCUT2D eigenvalue weighted by molar-refractivity contribution is 7.90. The fraction of sp³-hybridized carbons (Fsp3) is 0.944. The van der Waals surface area contributed by atoms with E-state index < -0.39 is 26.9 Å². The lowest BCUT2D eigenvalue weighted by Gasteiger charge is -2.64. The van der Waals surface area contributed by atoms with E-state index in [0.29, 0.717) is 54.8 Å². The summed E-state index contributed by atoms with van der Waals surface area (Å²) in [7, 11) is -4.03. The molecule has 9 heteroatoms. The summed E-state index contributed by atoms with van der Waals surface area (Å²) in [6.07, 6.45) is 9.13. The Hall–Kier alpha value is -1.19. The summed E-state index contributed by atoms with van der Waals surface area (Å²) < 4.78 is 33.6. The molecule has 0 saturated heterocycles. The van der Waals surface area contributed by atoms with Crippen LogP contribution < -0.4 is 4.72 Å². The Labute approximate surface area is 271 Å². The largest absolute Gasteiger partial charge is 0.449 e. The molecule has 0 spiro atoms. The van der Waals surface area contributed by atoms with E-state index >= 15 is 0 Å². The van der Waals surface area contributed by atoms with Crippen molar-refractivity contribution in [2.75, 3.05) is 12.4 Å². The molecule has 0 aliphatic heterocycles. The van der Waals surface area contributed by atoms with Crippen LogP contribution in [0.3, 0.4) is 0 Å². The second-order valence-electron chi connectivity index (χ2n) is 17.6. The number of carbonyl (C=O) groups excluding carboxylic acids is 2. The van der Waals surface area contributed by atoms with Crippen molar-refractivity contribution >= 4 is 21.9 Å². The van der Waals surface area contributed by atoms with Crippen LogP contribution in [-0.4, -0.2) is 55.1 Å². The first-order valence-electron chi connectivity index (χ1n) is 18.1. The Morgan fingerprint density at radius 3 is 2.31 bits per heavy atom. The summed E-state index contributed by atoms with van der Waals surface area (Å²) in [4.78, 5) is 25.5. The van der Waals surface area contributed by atoms with Crippen molar-refractivity contribution in [1.82, 2.24) is 4.72 Å². The number of sulfonamides is 1. The molecule has 8 nitrogen and oxygen atoms in total. The second kappa shape index (κ2) is 11.5. The van der Waals surface area contributed by atoms with Crippen molar-refractivity contribution in [3.8, 4) is 0 Å². The third-order valence-electron chi connectivity index (χ3n) is 15.8. The number of rotatable bonds is 8. The van der Waals surface area contributed by atoms with E-state index in [1.54, 1.807) is 0 Å². The van der Waals surface area contributed by atoms with Crippen LogP contribution in [0.2, 0.25) is 0 Å². The summed E-state index contributed by atoms with van der Waals surface area (Å²) in [5.74, 6) is 2.47. The maximum Gasteiger partial charge on any atom is 0.420 e. The molecule has 0 radical (unpaired) electrons. The zero-order chi connectivity index (χ0) is 32.7. The van der Waals surface area contributed by atoms with Crippen molar-refractivity contribution in [3.05, 3.63) is 0 Å². The number of ether oxygens (including phenoxy) is 1. The SMILES string of the molecule is CC[C@H]1[C@@H](O)[C@@H]2[C@H](CC[C@]3(C)[C@@H]([C@H](C)CCOC(=O)NS(=O)(=O)C[C@]45CCC(CC4=O)C5(C)C)CC[C@@H]23)[C@@]2(C)CC[C@@H](O)C[C@@H]12. The van der Waals surface area contributed by atoms with Gasteiger partial charge in [-0.3, -0.25) is 4.79 Å². The summed E-state index contributed by atoms with van der Waals surface area (Å²) in [6.45, 7) is 13.5. The number of aliphatic hydroxyl groups is 2. The molecule has 0 aromatic carbocycles. The molecular formula is C36H59NO7S. The second-order valence-corrected chi connectivity index (χ2v) is 19.3. The van der Waals surface area contributed by atoms with Gasteiger partial charge in [0, 0.05) is 6.42 Å². The molecule has 0 aromatic heterocycles. The summed E-state index contributed by atoms with van der Waals surface area (Å²) >= 11 is 0. The molecule has 6 aliphatic rings. The normalized spacial score (nSPS) is 47.5. The Bertz CT molecular complexity index is 1280. The van der Waals surface area contributed by atoms with E-state index in [2.05, 4.69) is 32.4 Å². The number of carbonyl (C=O) groups is 2. The van der Waals surface area contributed by atoms with Crippen LogP contribution in [0.25, 0.3) is 0 Å². The Morgan fingerprint density at radius 1 is 0.978 bits per heavy atom. The van der Waals surface area contributed by atoms with Crippen molar-refractivity contribution in [2.24, 2.45) is 69.0 Å². The van der Waals surface area contributed by atoms with Gasteiger partial charge in [-0.15, -0.1) is 0 Å². The monoisotopic (exact) mass is 649 g/mol. The van der Waals surface area contributed by atoms with Crippen molar-refractivity contribution in [3.63, 3.8) is 0 Å². The van der Waals surface area contributed by atoms with Gasteiger partial charge in [0.1, 0.15) is 5.78 Å². The van der Waals surface area contributed by atoms with Crippen LogP contribution in [-0.2, 0) is 19.6 Å². The van der Waals surface area contributed by atoms with E-state index in [9.17, 15) is 28.2 Å². The van der Waals surface area contributed by atoms with Crippen LogP contribution >= 0.6 is 0 Å². The quantitative estimate of drug-likeness (QED) is 0.290. The molecule has 2 bridgehead atoms. The van der Waals surface area contributed by atoms with Gasteiger partial charge >= 0.3 is 6.09 Å². The minimum atomic E-state index is -4.03. The number of fused-ring (bicyclic) bond motifs is 7. The predicted octanol–water partition coefficient (Wildman–Crippen LogP) is 6.09. The number of aliphatic hydroxyl groups excluding tert-OH is 2. The van der Waals surface area contributed by atoms with Crippen molar-refractivity contribution < 1.29 is 33.0 Å². The highest BCUT2D eigenvalue weighted by Crippen LogP contribution is 2.69. The number of ketones is 1. The van der Waals surface area contributed by atoms with Crippen LogP contribution in [0.1, 0.15) is 119 Å².